The van der Waals surface area contributed by atoms with E-state index in [2.05, 4.69) is 0 Å². The summed E-state index contributed by atoms with van der Waals surface area (Å²) in [5.74, 6) is 0.206. The van der Waals surface area contributed by atoms with Crippen LogP contribution in [-0.2, 0) is 9.59 Å². The van der Waals surface area contributed by atoms with Crippen LogP contribution in [0.5, 0.6) is 5.75 Å². The molecule has 0 aliphatic carbocycles. The van der Waals surface area contributed by atoms with Crippen LogP contribution in [0.2, 0.25) is 0 Å². The van der Waals surface area contributed by atoms with Crippen molar-refractivity contribution in [3.63, 3.8) is 0 Å². The molecular formula is C13H14O3. The Balaban J connectivity index is 2.83. The van der Waals surface area contributed by atoms with Crippen LogP contribution in [0.3, 0.4) is 0 Å². The fourth-order valence-corrected chi connectivity index (χ4v) is 1.15. The van der Waals surface area contributed by atoms with E-state index in [-0.39, 0.29) is 11.8 Å². The first-order chi connectivity index (χ1) is 7.49. The predicted molar refractivity (Wildman–Crippen MR) is 62.1 cm³/mol. The van der Waals surface area contributed by atoms with Crippen LogP contribution in [0.4, 0.5) is 0 Å². The zero-order chi connectivity index (χ0) is 12.1. The van der Waals surface area contributed by atoms with Crippen molar-refractivity contribution in [2.24, 2.45) is 0 Å². The highest BCUT2D eigenvalue weighted by Crippen LogP contribution is 2.14. The maximum atomic E-state index is 11.0. The van der Waals surface area contributed by atoms with E-state index in [1.807, 2.05) is 0 Å². The summed E-state index contributed by atoms with van der Waals surface area (Å²) < 4.78 is 4.90. The van der Waals surface area contributed by atoms with Crippen molar-refractivity contribution in [1.82, 2.24) is 0 Å². The Kier molecular flexibility index (Phi) is 4.00. The van der Waals surface area contributed by atoms with E-state index >= 15 is 0 Å². The molecule has 1 rings (SSSR count). The van der Waals surface area contributed by atoms with Crippen molar-refractivity contribution in [1.29, 1.82) is 0 Å². The second-order valence-corrected chi connectivity index (χ2v) is 3.55. The number of allylic oxidation sites excluding steroid dienone is 1. The molecule has 84 valence electrons. The second-order valence-electron chi connectivity index (χ2n) is 3.55. The largest absolute Gasteiger partial charge is 0.427 e. The summed E-state index contributed by atoms with van der Waals surface area (Å²) in [5, 5.41) is 0. The number of ketones is 1. The molecule has 0 saturated heterocycles. The Bertz CT molecular complexity index is 427. The van der Waals surface area contributed by atoms with E-state index in [4.69, 9.17) is 4.74 Å². The maximum Gasteiger partial charge on any atom is 0.308 e. The number of hydrogen-bond acceptors (Lipinski definition) is 3. The van der Waals surface area contributed by atoms with Gasteiger partial charge in [0, 0.05) is 6.92 Å². The van der Waals surface area contributed by atoms with Crippen molar-refractivity contribution < 1.29 is 14.3 Å². The highest BCUT2D eigenvalue weighted by molar-refractivity contribution is 5.97. The smallest absolute Gasteiger partial charge is 0.308 e. The van der Waals surface area contributed by atoms with Crippen molar-refractivity contribution >= 4 is 17.8 Å². The van der Waals surface area contributed by atoms with E-state index in [0.29, 0.717) is 11.3 Å². The standard InChI is InChI=1S/C13H14O3/c1-9(10(2)14)8-12-4-6-13(7-5-12)16-11(3)15/h4-8H,1-3H3. The van der Waals surface area contributed by atoms with Gasteiger partial charge in [-0.3, -0.25) is 9.59 Å². The van der Waals surface area contributed by atoms with Crippen molar-refractivity contribution in [3.8, 4) is 5.75 Å². The molecule has 3 heteroatoms. The van der Waals surface area contributed by atoms with Crippen LogP contribution in [0.15, 0.2) is 29.8 Å². The van der Waals surface area contributed by atoms with Crippen LogP contribution in [0, 0.1) is 0 Å². The molecule has 0 atom stereocenters. The van der Waals surface area contributed by atoms with Gasteiger partial charge < -0.3 is 4.74 Å². The van der Waals surface area contributed by atoms with Crippen molar-refractivity contribution in [3.05, 3.63) is 35.4 Å². The molecule has 0 spiro atoms. The van der Waals surface area contributed by atoms with Crippen LogP contribution < -0.4 is 4.74 Å². The minimum Gasteiger partial charge on any atom is -0.427 e. The molecule has 0 heterocycles. The summed E-state index contributed by atoms with van der Waals surface area (Å²) in [4.78, 5) is 21.7. The van der Waals surface area contributed by atoms with Gasteiger partial charge in [0.25, 0.3) is 0 Å². The van der Waals surface area contributed by atoms with Gasteiger partial charge in [0.2, 0.25) is 0 Å². The molecule has 0 aliphatic rings. The summed E-state index contributed by atoms with van der Waals surface area (Å²) in [6.45, 7) is 4.65. The number of benzene rings is 1. The summed E-state index contributed by atoms with van der Waals surface area (Å²) in [5.41, 5.74) is 1.60. The minimum absolute atomic E-state index is 0.0454. The Morgan fingerprint density at radius 1 is 1.06 bits per heavy atom. The lowest BCUT2D eigenvalue weighted by Crippen LogP contribution is -2.00. The molecule has 0 radical (unpaired) electrons. The fraction of sp³-hybridized carbons (Fsp3) is 0.231. The third-order valence-corrected chi connectivity index (χ3v) is 2.08. The molecule has 0 N–H and O–H groups in total. The monoisotopic (exact) mass is 218 g/mol. The topological polar surface area (TPSA) is 43.4 Å². The van der Waals surface area contributed by atoms with E-state index in [0.717, 1.165) is 5.56 Å². The third-order valence-electron chi connectivity index (χ3n) is 2.08. The SMILES string of the molecule is CC(=O)Oc1ccc(C=C(C)C(C)=O)cc1. The van der Waals surface area contributed by atoms with Gasteiger partial charge in [0.15, 0.2) is 5.78 Å². The van der Waals surface area contributed by atoms with Gasteiger partial charge >= 0.3 is 5.97 Å². The Hall–Kier alpha value is -1.90. The lowest BCUT2D eigenvalue weighted by Gasteiger charge is -2.01. The van der Waals surface area contributed by atoms with Crippen molar-refractivity contribution in [2.75, 3.05) is 0 Å². The number of Topliss-reactive ketones (excluding diaryl/α,β-unsaturated/α-hetero) is 1. The lowest BCUT2D eigenvalue weighted by molar-refractivity contribution is -0.131. The number of ether oxygens (including phenoxy) is 1. The predicted octanol–water partition coefficient (Wildman–Crippen LogP) is 2.60. The molecule has 0 amide bonds. The van der Waals surface area contributed by atoms with Gasteiger partial charge in [0.1, 0.15) is 5.75 Å². The first kappa shape index (κ1) is 12.2. The molecule has 0 aromatic heterocycles. The van der Waals surface area contributed by atoms with Gasteiger partial charge in [-0.15, -0.1) is 0 Å². The van der Waals surface area contributed by atoms with Gasteiger partial charge in [-0.05, 0) is 43.2 Å². The van der Waals surface area contributed by atoms with E-state index in [1.165, 1.54) is 13.8 Å². The fourth-order valence-electron chi connectivity index (χ4n) is 1.15. The first-order valence-electron chi connectivity index (χ1n) is 4.97. The van der Waals surface area contributed by atoms with Gasteiger partial charge in [-0.1, -0.05) is 12.1 Å². The zero-order valence-electron chi connectivity index (χ0n) is 9.61. The highest BCUT2D eigenvalue weighted by Gasteiger charge is 1.99. The lowest BCUT2D eigenvalue weighted by atomic mass is 10.1. The molecule has 1 aromatic carbocycles. The molecule has 16 heavy (non-hydrogen) atoms. The van der Waals surface area contributed by atoms with E-state index in [9.17, 15) is 9.59 Å². The Morgan fingerprint density at radius 2 is 1.62 bits per heavy atom. The summed E-state index contributed by atoms with van der Waals surface area (Å²) in [7, 11) is 0. The van der Waals surface area contributed by atoms with Crippen molar-refractivity contribution in [2.45, 2.75) is 20.8 Å². The zero-order valence-corrected chi connectivity index (χ0v) is 9.61. The summed E-state index contributed by atoms with van der Waals surface area (Å²) in [6, 6.07) is 6.98. The average Bonchev–Trinajstić information content (AvgIpc) is 2.20. The minimum atomic E-state index is -0.344. The second kappa shape index (κ2) is 5.26. The molecule has 0 fully saturated rings. The normalized spacial score (nSPS) is 11.1. The van der Waals surface area contributed by atoms with Gasteiger partial charge in [-0.2, -0.15) is 0 Å². The number of rotatable bonds is 3. The molecule has 0 aliphatic heterocycles. The first-order valence-corrected chi connectivity index (χ1v) is 4.97. The molecule has 0 bridgehead atoms. The molecule has 0 unspecified atom stereocenters. The highest BCUT2D eigenvalue weighted by atomic mass is 16.5. The van der Waals surface area contributed by atoms with E-state index < -0.39 is 0 Å². The molecular weight excluding hydrogens is 204 g/mol. The number of hydrogen-bond donors (Lipinski definition) is 0. The van der Waals surface area contributed by atoms with Crippen LogP contribution in [-0.4, -0.2) is 11.8 Å². The van der Waals surface area contributed by atoms with E-state index in [1.54, 1.807) is 37.3 Å². The molecule has 0 saturated carbocycles. The average molecular weight is 218 g/mol. The summed E-state index contributed by atoms with van der Waals surface area (Å²) in [6.07, 6.45) is 1.79. The van der Waals surface area contributed by atoms with Gasteiger partial charge in [-0.25, -0.2) is 0 Å². The number of esters is 1. The number of carbonyl (C=O) groups excluding carboxylic acids is 2. The van der Waals surface area contributed by atoms with Crippen LogP contribution in [0.1, 0.15) is 26.3 Å². The van der Waals surface area contributed by atoms with Crippen LogP contribution in [0.25, 0.3) is 6.08 Å². The molecule has 1 aromatic rings. The maximum absolute atomic E-state index is 11.0. The Labute approximate surface area is 94.7 Å². The van der Waals surface area contributed by atoms with Crippen LogP contribution >= 0.6 is 0 Å². The Morgan fingerprint density at radius 3 is 2.06 bits per heavy atom. The third kappa shape index (κ3) is 3.69. The summed E-state index contributed by atoms with van der Waals surface area (Å²) >= 11 is 0. The van der Waals surface area contributed by atoms with Gasteiger partial charge in [0.05, 0.1) is 0 Å². The quantitative estimate of drug-likeness (QED) is 0.445. The number of carbonyl (C=O) groups is 2. The molecule has 3 nitrogen and oxygen atoms in total.